The number of para-hydroxylation sites is 1. The van der Waals surface area contributed by atoms with E-state index < -0.39 is 41.0 Å². The molecule has 0 aliphatic carbocycles. The van der Waals surface area contributed by atoms with Gasteiger partial charge in [0.15, 0.2) is 0 Å². The van der Waals surface area contributed by atoms with Crippen LogP contribution in [0.3, 0.4) is 0 Å². The van der Waals surface area contributed by atoms with E-state index >= 15 is 0 Å². The van der Waals surface area contributed by atoms with Gasteiger partial charge in [-0.1, -0.05) is 68.4 Å². The van der Waals surface area contributed by atoms with Crippen LogP contribution in [0, 0.1) is 5.92 Å². The highest BCUT2D eigenvalue weighted by Gasteiger charge is 2.58. The summed E-state index contributed by atoms with van der Waals surface area (Å²) < 4.78 is 5.43. The summed E-state index contributed by atoms with van der Waals surface area (Å²) in [6, 6.07) is 21.1. The molecule has 4 N–H and O–H groups in total. The average Bonchev–Trinajstić information content (AvgIpc) is 3.77. The highest BCUT2D eigenvalue weighted by Crippen LogP contribution is 2.46. The molecule has 4 aromatic rings. The molecule has 11 nitrogen and oxygen atoms in total. The lowest BCUT2D eigenvalue weighted by molar-refractivity contribution is -0.145. The summed E-state index contributed by atoms with van der Waals surface area (Å²) in [6.45, 7) is 3.85. The minimum atomic E-state index is -1.23. The van der Waals surface area contributed by atoms with Gasteiger partial charge in [0.25, 0.3) is 11.8 Å². The molecular formula is C36H37N5O6. The minimum absolute atomic E-state index is 0.0116. The predicted molar refractivity (Wildman–Crippen MR) is 176 cm³/mol. The summed E-state index contributed by atoms with van der Waals surface area (Å²) in [4.78, 5) is 73.1. The zero-order valence-corrected chi connectivity index (χ0v) is 26.5. The van der Waals surface area contributed by atoms with Crippen molar-refractivity contribution in [3.63, 3.8) is 0 Å². The third kappa shape index (κ3) is 5.96. The molecular weight excluding hydrogens is 598 g/mol. The van der Waals surface area contributed by atoms with Gasteiger partial charge in [0.05, 0.1) is 12.5 Å². The molecule has 6 rings (SSSR count). The highest BCUT2D eigenvalue weighted by molar-refractivity contribution is 6.38. The van der Waals surface area contributed by atoms with E-state index in [0.717, 1.165) is 5.56 Å². The van der Waals surface area contributed by atoms with Crippen molar-refractivity contribution in [3.05, 3.63) is 95.7 Å². The molecule has 11 heteroatoms. The van der Waals surface area contributed by atoms with Gasteiger partial charge in [-0.25, -0.2) is 0 Å². The molecule has 3 aromatic carbocycles. The number of amides is 4. The maximum atomic E-state index is 14.5. The number of nitrogens with zero attached hydrogens (tertiary/aromatic N) is 1. The fraction of sp³-hybridized carbons (Fsp3) is 0.306. The molecule has 4 amide bonds. The summed E-state index contributed by atoms with van der Waals surface area (Å²) in [7, 11) is 1.55. The van der Waals surface area contributed by atoms with Crippen molar-refractivity contribution in [2.45, 2.75) is 50.7 Å². The number of Topliss-reactive ketones (excluding diaryl/α,β-unsaturated/α-hetero) is 1. The summed E-state index contributed by atoms with van der Waals surface area (Å²) in [6.07, 6.45) is 0.199. The van der Waals surface area contributed by atoms with Crippen LogP contribution in [0.5, 0.6) is 5.75 Å². The summed E-state index contributed by atoms with van der Waals surface area (Å²) >= 11 is 0. The smallest absolute Gasteiger partial charge is 0.289 e. The quantitative estimate of drug-likeness (QED) is 0.195. The number of aromatic amines is 1. The minimum Gasteiger partial charge on any atom is -0.496 e. The van der Waals surface area contributed by atoms with Crippen LogP contribution in [-0.2, 0) is 31.1 Å². The molecule has 3 heterocycles. The number of methoxy groups -OCH3 is 1. The van der Waals surface area contributed by atoms with E-state index in [1.165, 1.54) is 4.90 Å². The Hall–Kier alpha value is -5.45. The first kappa shape index (κ1) is 31.5. The largest absolute Gasteiger partial charge is 0.496 e. The molecule has 0 bridgehead atoms. The zero-order valence-electron chi connectivity index (χ0n) is 26.5. The van der Waals surface area contributed by atoms with E-state index in [4.69, 9.17) is 4.74 Å². The highest BCUT2D eigenvalue weighted by atomic mass is 16.5. The molecule has 2 aliphatic rings. The van der Waals surface area contributed by atoms with Crippen molar-refractivity contribution >= 4 is 46.0 Å². The number of carbonyl (C=O) groups excluding carboxylic acids is 5. The lowest BCUT2D eigenvalue weighted by Crippen LogP contribution is -2.54. The van der Waals surface area contributed by atoms with Gasteiger partial charge in [0.2, 0.25) is 17.6 Å². The van der Waals surface area contributed by atoms with Gasteiger partial charge in [0, 0.05) is 29.7 Å². The molecule has 1 spiro atoms. The Morgan fingerprint density at radius 2 is 1.74 bits per heavy atom. The van der Waals surface area contributed by atoms with E-state index in [1.807, 2.05) is 50.2 Å². The predicted octanol–water partition coefficient (Wildman–Crippen LogP) is 3.70. The second-order valence-electron chi connectivity index (χ2n) is 12.6. The maximum absolute atomic E-state index is 14.5. The van der Waals surface area contributed by atoms with Gasteiger partial charge in [-0.2, -0.15) is 0 Å². The number of fused-ring (bicyclic) bond motifs is 3. The van der Waals surface area contributed by atoms with Gasteiger partial charge in [-0.15, -0.1) is 0 Å². The molecule has 2 aliphatic heterocycles. The first-order chi connectivity index (χ1) is 22.6. The molecule has 47 heavy (non-hydrogen) atoms. The molecule has 3 atom stereocenters. The Labute approximate surface area is 272 Å². The molecule has 242 valence electrons. The van der Waals surface area contributed by atoms with E-state index in [-0.39, 0.29) is 43.5 Å². The van der Waals surface area contributed by atoms with E-state index in [1.54, 1.807) is 49.6 Å². The van der Waals surface area contributed by atoms with Crippen molar-refractivity contribution < 1.29 is 28.7 Å². The Bertz CT molecular complexity index is 1870. The Kier molecular flexibility index (Phi) is 8.55. The zero-order chi connectivity index (χ0) is 33.3. The maximum Gasteiger partial charge on any atom is 0.289 e. The van der Waals surface area contributed by atoms with Crippen molar-refractivity contribution in [1.82, 2.24) is 20.5 Å². The number of likely N-dealkylation sites (tertiary alicyclic amines) is 1. The van der Waals surface area contributed by atoms with Crippen LogP contribution < -0.4 is 20.7 Å². The topological polar surface area (TPSA) is 150 Å². The monoisotopic (exact) mass is 635 g/mol. The van der Waals surface area contributed by atoms with Crippen LogP contribution in [0.25, 0.3) is 10.9 Å². The molecule has 0 unspecified atom stereocenters. The Morgan fingerprint density at radius 1 is 1.00 bits per heavy atom. The first-order valence-electron chi connectivity index (χ1n) is 15.7. The number of aromatic nitrogens is 1. The second kappa shape index (κ2) is 12.7. The van der Waals surface area contributed by atoms with Crippen molar-refractivity contribution in [3.8, 4) is 5.75 Å². The summed E-state index contributed by atoms with van der Waals surface area (Å²) in [5.74, 6) is -2.47. The number of benzene rings is 3. The van der Waals surface area contributed by atoms with E-state index in [0.29, 0.717) is 27.9 Å². The number of anilines is 1. The normalized spacial score (nSPS) is 19.0. The van der Waals surface area contributed by atoms with E-state index in [9.17, 15) is 24.0 Å². The third-order valence-electron chi connectivity index (χ3n) is 8.99. The number of H-pyrrole nitrogens is 1. The van der Waals surface area contributed by atoms with Gasteiger partial charge < -0.3 is 30.6 Å². The number of hydrogen-bond donors (Lipinski definition) is 4. The van der Waals surface area contributed by atoms with Gasteiger partial charge >= 0.3 is 0 Å². The van der Waals surface area contributed by atoms with Gasteiger partial charge in [-0.05, 0) is 54.2 Å². The fourth-order valence-corrected chi connectivity index (χ4v) is 6.68. The molecule has 0 radical (unpaired) electrons. The lowest BCUT2D eigenvalue weighted by Gasteiger charge is -2.29. The molecule has 1 saturated heterocycles. The van der Waals surface area contributed by atoms with Gasteiger partial charge in [0.1, 0.15) is 23.5 Å². The molecule has 1 aromatic heterocycles. The van der Waals surface area contributed by atoms with Crippen LogP contribution in [0.15, 0.2) is 78.9 Å². The first-order valence-corrected chi connectivity index (χ1v) is 15.7. The van der Waals surface area contributed by atoms with Crippen molar-refractivity contribution in [1.29, 1.82) is 0 Å². The fourth-order valence-electron chi connectivity index (χ4n) is 6.68. The van der Waals surface area contributed by atoms with E-state index in [2.05, 4.69) is 20.9 Å². The van der Waals surface area contributed by atoms with Crippen LogP contribution in [0.4, 0.5) is 5.69 Å². The number of carbonyl (C=O) groups is 5. The number of ketones is 1. The van der Waals surface area contributed by atoms with Gasteiger partial charge in [-0.3, -0.25) is 24.0 Å². The Morgan fingerprint density at radius 3 is 2.49 bits per heavy atom. The number of rotatable bonds is 10. The number of nitrogens with one attached hydrogen (secondary N) is 4. The van der Waals surface area contributed by atoms with Crippen LogP contribution in [-0.4, -0.2) is 65.0 Å². The number of hydrogen-bond acceptors (Lipinski definition) is 6. The molecule has 0 saturated carbocycles. The van der Waals surface area contributed by atoms with Crippen LogP contribution >= 0.6 is 0 Å². The van der Waals surface area contributed by atoms with Crippen molar-refractivity contribution in [2.75, 3.05) is 19.0 Å². The van der Waals surface area contributed by atoms with Crippen molar-refractivity contribution in [2.24, 2.45) is 5.92 Å². The SMILES string of the molecule is COc1cccc2[nH]c(C(=O)N[C@@H](CC(C)C)C(=O)N3C[C@]4(C[C@H]3C(=O)C(=O)NCc3ccccc3)C(=O)Nc3ccccc34)cc12. The Balaban J connectivity index is 1.30. The molecule has 1 fully saturated rings. The third-order valence-corrected chi connectivity index (χ3v) is 8.99. The van der Waals surface area contributed by atoms with Crippen LogP contribution in [0.2, 0.25) is 0 Å². The summed E-state index contributed by atoms with van der Waals surface area (Å²) in [5.41, 5.74) is 1.78. The second-order valence-corrected chi connectivity index (χ2v) is 12.6. The average molecular weight is 636 g/mol. The standard InChI is InChI=1S/C36H37N5O6/c1-21(2)16-28(39-32(43)27-17-23-25(38-27)14-9-15-30(23)47-3)34(45)41-20-36(24-12-7-8-13-26(24)40-35(36)46)18-29(41)31(42)33(44)37-19-22-10-5-4-6-11-22/h4-15,17,21,28-29,38H,16,18-20H2,1-3H3,(H,37,44)(H,39,43)(H,40,46)/t28-,29-,36-/m0/s1. The van der Waals surface area contributed by atoms with Crippen LogP contribution in [0.1, 0.15) is 48.3 Å². The summed E-state index contributed by atoms with van der Waals surface area (Å²) in [5, 5.41) is 9.14. The lowest BCUT2D eigenvalue weighted by atomic mass is 9.79. The number of ether oxygens (including phenoxy) is 1.